The Labute approximate surface area is 237 Å². The molecule has 0 radical (unpaired) electrons. The molecule has 0 bridgehead atoms. The maximum Gasteiger partial charge on any atom is 0.235 e. The number of rotatable bonds is 9. The minimum absolute atomic E-state index is 0.127. The third kappa shape index (κ3) is 6.99. The molecule has 2 N–H and O–H groups in total. The number of nitrogens with zero attached hydrogens (tertiary/aromatic N) is 4. The Morgan fingerprint density at radius 2 is 1.97 bits per heavy atom. The molecule has 3 aromatic rings. The summed E-state index contributed by atoms with van der Waals surface area (Å²) in [4.78, 5) is 26.4. The molecule has 2 heterocycles. The summed E-state index contributed by atoms with van der Waals surface area (Å²) < 4.78 is 6.91. The van der Waals surface area contributed by atoms with Crippen LogP contribution in [0.4, 0.5) is 5.00 Å². The zero-order valence-electron chi connectivity index (χ0n) is 23.0. The van der Waals surface area contributed by atoms with E-state index in [9.17, 15) is 14.9 Å². The van der Waals surface area contributed by atoms with Gasteiger partial charge in [0.2, 0.25) is 11.8 Å². The van der Waals surface area contributed by atoms with Crippen LogP contribution < -0.4 is 15.4 Å². The van der Waals surface area contributed by atoms with E-state index in [1.54, 1.807) is 18.7 Å². The van der Waals surface area contributed by atoms with E-state index < -0.39 is 0 Å². The van der Waals surface area contributed by atoms with Gasteiger partial charge in [-0.15, -0.1) is 21.5 Å². The molecule has 2 aromatic heterocycles. The lowest BCUT2D eigenvalue weighted by molar-refractivity contribution is -0.120. The molecule has 206 valence electrons. The fourth-order valence-electron chi connectivity index (χ4n) is 4.62. The number of aromatic nitrogens is 3. The van der Waals surface area contributed by atoms with E-state index in [0.717, 1.165) is 36.1 Å². The molecular formula is C28H34N6O3S2. The van der Waals surface area contributed by atoms with Gasteiger partial charge in [0.05, 0.1) is 31.4 Å². The number of methoxy groups -OCH3 is 1. The molecule has 0 spiro atoms. The second-order valence-corrected chi connectivity index (χ2v) is 12.8. The zero-order valence-corrected chi connectivity index (χ0v) is 24.6. The van der Waals surface area contributed by atoms with E-state index in [2.05, 4.69) is 47.7 Å². The van der Waals surface area contributed by atoms with Gasteiger partial charge in [-0.05, 0) is 53.9 Å². The van der Waals surface area contributed by atoms with Crippen LogP contribution in [0.1, 0.15) is 54.6 Å². The van der Waals surface area contributed by atoms with Crippen molar-refractivity contribution in [3.05, 3.63) is 51.7 Å². The smallest absolute Gasteiger partial charge is 0.235 e. The summed E-state index contributed by atoms with van der Waals surface area (Å²) in [5.41, 5.74) is 2.79. The number of thiophene rings is 1. The van der Waals surface area contributed by atoms with Gasteiger partial charge in [0.1, 0.15) is 16.8 Å². The van der Waals surface area contributed by atoms with Crippen LogP contribution in [0.5, 0.6) is 5.75 Å². The molecule has 1 aliphatic carbocycles. The number of hydrogen-bond donors (Lipinski definition) is 2. The first-order valence-electron chi connectivity index (χ1n) is 12.8. The molecule has 11 heteroatoms. The van der Waals surface area contributed by atoms with Gasteiger partial charge in [-0.2, -0.15) is 5.26 Å². The molecule has 4 rings (SSSR count). The molecular weight excluding hydrogens is 532 g/mol. The first-order valence-corrected chi connectivity index (χ1v) is 14.6. The van der Waals surface area contributed by atoms with Crippen molar-refractivity contribution in [2.45, 2.75) is 58.2 Å². The van der Waals surface area contributed by atoms with Crippen molar-refractivity contribution in [1.82, 2.24) is 20.1 Å². The highest BCUT2D eigenvalue weighted by molar-refractivity contribution is 7.99. The lowest BCUT2D eigenvalue weighted by Gasteiger charge is -2.33. The van der Waals surface area contributed by atoms with Crippen LogP contribution in [-0.4, -0.2) is 39.4 Å². The Morgan fingerprint density at radius 1 is 1.23 bits per heavy atom. The van der Waals surface area contributed by atoms with Crippen LogP contribution in [0.3, 0.4) is 0 Å². The summed E-state index contributed by atoms with van der Waals surface area (Å²) >= 11 is 2.79. The van der Waals surface area contributed by atoms with Crippen molar-refractivity contribution in [3.8, 4) is 11.8 Å². The number of ether oxygens (including phenoxy) is 1. The largest absolute Gasteiger partial charge is 0.497 e. The summed E-state index contributed by atoms with van der Waals surface area (Å²) in [6.07, 6.45) is 3.12. The van der Waals surface area contributed by atoms with Crippen LogP contribution >= 0.6 is 23.1 Å². The number of carbonyl (C=O) groups is 2. The molecule has 1 aliphatic rings. The van der Waals surface area contributed by atoms with Gasteiger partial charge in [-0.1, -0.05) is 44.7 Å². The van der Waals surface area contributed by atoms with Gasteiger partial charge in [0.15, 0.2) is 11.0 Å². The van der Waals surface area contributed by atoms with Crippen LogP contribution in [-0.2, 0) is 42.4 Å². The predicted molar refractivity (Wildman–Crippen MR) is 153 cm³/mol. The van der Waals surface area contributed by atoms with Crippen LogP contribution in [0.2, 0.25) is 0 Å². The Balaban J connectivity index is 1.29. The summed E-state index contributed by atoms with van der Waals surface area (Å²) in [5.74, 6) is 1.70. The number of thioether (sulfide) groups is 1. The highest BCUT2D eigenvalue weighted by atomic mass is 32.2. The van der Waals surface area contributed by atoms with Gasteiger partial charge in [-0.3, -0.25) is 9.59 Å². The summed E-state index contributed by atoms with van der Waals surface area (Å²) in [5, 5.41) is 25.2. The number of anilines is 1. The van der Waals surface area contributed by atoms with E-state index in [4.69, 9.17) is 4.74 Å². The minimum Gasteiger partial charge on any atom is -0.497 e. The van der Waals surface area contributed by atoms with Crippen LogP contribution in [0.25, 0.3) is 0 Å². The lowest BCUT2D eigenvalue weighted by Crippen LogP contribution is -2.26. The standard InChI is InChI=1S/C28H34N6O3S2/c1-28(2,3)18-8-11-20-21(14-29)26(39-22(20)13-18)31-25(36)16-38-27-33-32-23(34(27)4)15-30-24(35)12-17-6-9-19(37-5)10-7-17/h6-7,9-10,18H,8,11-13,15-16H2,1-5H3,(H,30,35)(H,31,36)/t18-/m1/s1. The summed E-state index contributed by atoms with van der Waals surface area (Å²) in [6, 6.07) is 9.67. The van der Waals surface area contributed by atoms with Crippen molar-refractivity contribution in [1.29, 1.82) is 5.26 Å². The van der Waals surface area contributed by atoms with Crippen molar-refractivity contribution < 1.29 is 14.3 Å². The fraction of sp³-hybridized carbons (Fsp3) is 0.464. The second-order valence-electron chi connectivity index (χ2n) is 10.7. The Bertz CT molecular complexity index is 1380. The van der Waals surface area contributed by atoms with E-state index >= 15 is 0 Å². The molecule has 39 heavy (non-hydrogen) atoms. The minimum atomic E-state index is -0.195. The van der Waals surface area contributed by atoms with Crippen molar-refractivity contribution in [2.24, 2.45) is 18.4 Å². The summed E-state index contributed by atoms with van der Waals surface area (Å²) in [6.45, 7) is 7.01. The molecule has 1 aromatic carbocycles. The number of carbonyl (C=O) groups excluding carboxylic acids is 2. The maximum atomic E-state index is 12.8. The second kappa shape index (κ2) is 12.2. The number of fused-ring (bicyclic) bond motifs is 1. The monoisotopic (exact) mass is 566 g/mol. The summed E-state index contributed by atoms with van der Waals surface area (Å²) in [7, 11) is 3.40. The average Bonchev–Trinajstić information content (AvgIpc) is 3.44. The van der Waals surface area contributed by atoms with Crippen LogP contribution in [0.15, 0.2) is 29.4 Å². The number of amides is 2. The van der Waals surface area contributed by atoms with Crippen molar-refractivity contribution >= 4 is 39.9 Å². The molecule has 0 aliphatic heterocycles. The Kier molecular flexibility index (Phi) is 8.97. The highest BCUT2D eigenvalue weighted by Crippen LogP contribution is 2.44. The molecule has 0 saturated heterocycles. The van der Waals surface area contributed by atoms with Gasteiger partial charge >= 0.3 is 0 Å². The van der Waals surface area contributed by atoms with Gasteiger partial charge in [-0.25, -0.2) is 0 Å². The third-order valence-electron chi connectivity index (χ3n) is 7.08. The number of benzene rings is 1. The molecule has 2 amide bonds. The number of nitrogens with one attached hydrogen (secondary N) is 2. The highest BCUT2D eigenvalue weighted by Gasteiger charge is 2.32. The molecule has 0 saturated carbocycles. The first-order chi connectivity index (χ1) is 18.6. The molecule has 0 unspecified atom stereocenters. The van der Waals surface area contributed by atoms with E-state index in [0.29, 0.717) is 27.5 Å². The Morgan fingerprint density at radius 3 is 2.64 bits per heavy atom. The third-order valence-corrected chi connectivity index (χ3v) is 9.27. The average molecular weight is 567 g/mol. The van der Waals surface area contributed by atoms with Gasteiger partial charge < -0.3 is 19.9 Å². The topological polar surface area (TPSA) is 122 Å². The molecule has 0 fully saturated rings. The van der Waals surface area contributed by atoms with Gasteiger partial charge in [0, 0.05) is 11.9 Å². The van der Waals surface area contributed by atoms with E-state index in [-0.39, 0.29) is 35.9 Å². The van der Waals surface area contributed by atoms with Gasteiger partial charge in [0.25, 0.3) is 0 Å². The normalized spacial score (nSPS) is 14.8. The number of hydrogen-bond acceptors (Lipinski definition) is 8. The van der Waals surface area contributed by atoms with Crippen LogP contribution in [0, 0.1) is 22.7 Å². The zero-order chi connectivity index (χ0) is 28.2. The molecule has 1 atom stereocenters. The quantitative estimate of drug-likeness (QED) is 0.366. The maximum absolute atomic E-state index is 12.8. The van der Waals surface area contributed by atoms with Crippen molar-refractivity contribution in [2.75, 3.05) is 18.2 Å². The van der Waals surface area contributed by atoms with E-state index in [1.807, 2.05) is 24.3 Å². The van der Waals surface area contributed by atoms with Crippen molar-refractivity contribution in [3.63, 3.8) is 0 Å². The Hall–Kier alpha value is -3.36. The number of nitriles is 1. The molecule has 9 nitrogen and oxygen atoms in total. The fourth-order valence-corrected chi connectivity index (χ4v) is 6.64. The first kappa shape index (κ1) is 28.6. The van der Waals surface area contributed by atoms with E-state index in [1.165, 1.54) is 28.0 Å². The lowest BCUT2D eigenvalue weighted by atomic mass is 9.72. The predicted octanol–water partition coefficient (Wildman–Crippen LogP) is 4.50. The SMILES string of the molecule is COc1ccc(CC(=O)NCc2nnc(SCC(=O)Nc3sc4c(c3C#N)CC[C@@H](C(C)(C)C)C4)n2C)cc1.